The molecule has 0 aliphatic rings. The third kappa shape index (κ3) is 6.59. The Morgan fingerprint density at radius 3 is 2.27 bits per heavy atom. The average molecular weight is 325 g/mol. The van der Waals surface area contributed by atoms with Crippen molar-refractivity contribution in [3.8, 4) is 0 Å². The maximum atomic E-state index is 11.9. The van der Waals surface area contributed by atoms with Gasteiger partial charge in [-0.2, -0.15) is 0 Å². The summed E-state index contributed by atoms with van der Waals surface area (Å²) in [6.07, 6.45) is -1.48. The molecule has 5 nitrogen and oxygen atoms in total. The van der Waals surface area contributed by atoms with Gasteiger partial charge in [-0.3, -0.25) is 5.32 Å². The number of carbonyl (C=O) groups excluding carboxylic acids is 1. The highest BCUT2D eigenvalue weighted by molar-refractivity contribution is 6.76. The molecule has 2 atom stereocenters. The molecule has 22 heavy (non-hydrogen) atoms. The van der Waals surface area contributed by atoms with E-state index in [0.29, 0.717) is 6.61 Å². The van der Waals surface area contributed by atoms with E-state index in [9.17, 15) is 4.79 Å². The molecule has 1 N–H and O–H groups in total. The van der Waals surface area contributed by atoms with Crippen molar-refractivity contribution >= 4 is 14.2 Å². The Balaban J connectivity index is 2.57. The second-order valence-corrected chi connectivity index (χ2v) is 11.9. The van der Waals surface area contributed by atoms with Crippen molar-refractivity contribution in [1.82, 2.24) is 5.32 Å². The van der Waals surface area contributed by atoms with Gasteiger partial charge in [-0.15, -0.1) is 0 Å². The molecule has 124 valence electrons. The molecule has 0 spiro atoms. The minimum Gasteiger partial charge on any atom is -0.450 e. The summed E-state index contributed by atoms with van der Waals surface area (Å²) in [6.45, 7) is 7.15. The van der Waals surface area contributed by atoms with Gasteiger partial charge in [0, 0.05) is 22.3 Å². The summed E-state index contributed by atoms with van der Waals surface area (Å²) in [5.74, 6) is 0. The molecule has 1 aromatic carbocycles. The smallest absolute Gasteiger partial charge is 0.409 e. The summed E-state index contributed by atoms with van der Waals surface area (Å²) < 4.78 is 16.0. The van der Waals surface area contributed by atoms with Crippen molar-refractivity contribution in [2.24, 2.45) is 0 Å². The van der Waals surface area contributed by atoms with E-state index in [2.05, 4.69) is 25.0 Å². The lowest BCUT2D eigenvalue weighted by atomic mass is 10.1. The highest BCUT2D eigenvalue weighted by Crippen LogP contribution is 2.21. The third-order valence-corrected chi connectivity index (χ3v) is 4.96. The first-order valence-electron chi connectivity index (χ1n) is 7.41. The molecule has 0 bridgehead atoms. The normalized spacial score (nSPS) is 14.2. The van der Waals surface area contributed by atoms with Crippen LogP contribution in [0.1, 0.15) is 11.7 Å². The summed E-state index contributed by atoms with van der Waals surface area (Å²) in [4.78, 5) is 11.9. The minimum absolute atomic E-state index is 0.393. The van der Waals surface area contributed by atoms with E-state index in [0.717, 1.165) is 11.6 Å². The fourth-order valence-corrected chi connectivity index (χ4v) is 2.66. The number of benzene rings is 1. The van der Waals surface area contributed by atoms with Crippen molar-refractivity contribution in [3.63, 3.8) is 0 Å². The van der Waals surface area contributed by atoms with Gasteiger partial charge in [0.15, 0.2) is 6.23 Å². The molecule has 0 heterocycles. The Morgan fingerprint density at radius 2 is 1.77 bits per heavy atom. The fourth-order valence-electron chi connectivity index (χ4n) is 1.94. The van der Waals surface area contributed by atoms with Crippen LogP contribution in [0.25, 0.3) is 0 Å². The van der Waals surface area contributed by atoms with Crippen LogP contribution in [-0.2, 0) is 14.2 Å². The SMILES string of the molecule is CO[C@@H](NC(=O)OCC[Si](C)(C)C)[C@H](OC)c1ccccc1. The molecule has 6 heteroatoms. The summed E-state index contributed by atoms with van der Waals surface area (Å²) >= 11 is 0. The number of carbonyl (C=O) groups is 1. The molecule has 1 aromatic rings. The van der Waals surface area contributed by atoms with E-state index in [-0.39, 0.29) is 0 Å². The molecule has 1 amide bonds. The fraction of sp³-hybridized carbons (Fsp3) is 0.562. The number of methoxy groups -OCH3 is 2. The van der Waals surface area contributed by atoms with E-state index < -0.39 is 26.5 Å². The third-order valence-electron chi connectivity index (χ3n) is 3.26. The Bertz CT molecular complexity index is 447. The Kier molecular flexibility index (Phi) is 7.57. The van der Waals surface area contributed by atoms with Crippen LogP contribution in [0.15, 0.2) is 30.3 Å². The van der Waals surface area contributed by atoms with E-state index in [4.69, 9.17) is 14.2 Å². The minimum atomic E-state index is -1.21. The first-order valence-corrected chi connectivity index (χ1v) is 11.1. The van der Waals surface area contributed by atoms with Crippen LogP contribution >= 0.6 is 0 Å². The highest BCUT2D eigenvalue weighted by atomic mass is 28.3. The Labute approximate surface area is 134 Å². The topological polar surface area (TPSA) is 56.8 Å². The van der Waals surface area contributed by atoms with E-state index in [1.165, 1.54) is 7.11 Å². The van der Waals surface area contributed by atoms with E-state index in [1.54, 1.807) is 7.11 Å². The van der Waals surface area contributed by atoms with Crippen LogP contribution in [0.5, 0.6) is 0 Å². The van der Waals surface area contributed by atoms with Crippen LogP contribution in [0, 0.1) is 0 Å². The molecule has 0 saturated heterocycles. The van der Waals surface area contributed by atoms with Crippen LogP contribution in [0.2, 0.25) is 25.7 Å². The predicted molar refractivity (Wildman–Crippen MR) is 89.6 cm³/mol. The summed E-state index contributed by atoms with van der Waals surface area (Å²) in [5, 5.41) is 2.71. The van der Waals surface area contributed by atoms with Gasteiger partial charge in [0.1, 0.15) is 6.10 Å². The number of nitrogens with one attached hydrogen (secondary N) is 1. The van der Waals surface area contributed by atoms with Gasteiger partial charge < -0.3 is 14.2 Å². The molecule has 0 saturated carbocycles. The first-order chi connectivity index (χ1) is 10.4. The summed E-state index contributed by atoms with van der Waals surface area (Å²) in [7, 11) is 1.90. The number of hydrogen-bond acceptors (Lipinski definition) is 4. The predicted octanol–water partition coefficient (Wildman–Crippen LogP) is 3.41. The molecule has 0 aliphatic heterocycles. The second kappa shape index (κ2) is 8.92. The summed E-state index contributed by atoms with van der Waals surface area (Å²) in [5.41, 5.74) is 0.930. The van der Waals surface area contributed by atoms with Gasteiger partial charge in [0.25, 0.3) is 0 Å². The van der Waals surface area contributed by atoms with Crippen molar-refractivity contribution in [1.29, 1.82) is 0 Å². The molecule has 1 rings (SSSR count). The van der Waals surface area contributed by atoms with Gasteiger partial charge in [0.2, 0.25) is 0 Å². The van der Waals surface area contributed by atoms with Crippen molar-refractivity contribution in [2.75, 3.05) is 20.8 Å². The van der Waals surface area contributed by atoms with Crippen molar-refractivity contribution in [2.45, 2.75) is 38.0 Å². The van der Waals surface area contributed by atoms with E-state index >= 15 is 0 Å². The van der Waals surface area contributed by atoms with Gasteiger partial charge in [0.05, 0.1) is 6.61 Å². The maximum absolute atomic E-state index is 11.9. The lowest BCUT2D eigenvalue weighted by molar-refractivity contribution is -0.0528. The van der Waals surface area contributed by atoms with Gasteiger partial charge in [-0.25, -0.2) is 4.79 Å². The molecule has 0 aliphatic carbocycles. The monoisotopic (exact) mass is 325 g/mol. The highest BCUT2D eigenvalue weighted by Gasteiger charge is 2.25. The van der Waals surface area contributed by atoms with Crippen LogP contribution in [0.4, 0.5) is 4.79 Å². The van der Waals surface area contributed by atoms with E-state index in [1.807, 2.05) is 30.3 Å². The number of rotatable bonds is 8. The molecule has 0 unspecified atom stereocenters. The average Bonchev–Trinajstić information content (AvgIpc) is 2.46. The summed E-state index contributed by atoms with van der Waals surface area (Å²) in [6, 6.07) is 10.6. The zero-order valence-corrected chi connectivity index (χ0v) is 15.1. The van der Waals surface area contributed by atoms with Crippen LogP contribution < -0.4 is 5.32 Å². The van der Waals surface area contributed by atoms with Crippen LogP contribution in [0.3, 0.4) is 0 Å². The Hall–Kier alpha value is -1.37. The lowest BCUT2D eigenvalue weighted by Crippen LogP contribution is -2.42. The maximum Gasteiger partial charge on any atom is 0.409 e. The number of hydrogen-bond donors (Lipinski definition) is 1. The molecule has 0 aromatic heterocycles. The molecule has 0 fully saturated rings. The standard InChI is InChI=1S/C16H27NO4Si/c1-19-14(13-9-7-6-8-10-13)15(20-2)17-16(18)21-11-12-22(3,4)5/h6-10,14-15H,11-12H2,1-5H3,(H,17,18)/t14-,15-/m1/s1. The molecular weight excluding hydrogens is 298 g/mol. The van der Waals surface area contributed by atoms with Crippen molar-refractivity contribution < 1.29 is 19.0 Å². The number of amides is 1. The second-order valence-electron chi connectivity index (χ2n) is 6.31. The largest absolute Gasteiger partial charge is 0.450 e. The van der Waals surface area contributed by atoms with Gasteiger partial charge >= 0.3 is 6.09 Å². The van der Waals surface area contributed by atoms with Crippen molar-refractivity contribution in [3.05, 3.63) is 35.9 Å². The zero-order chi connectivity index (χ0) is 16.6. The zero-order valence-electron chi connectivity index (χ0n) is 14.1. The quantitative estimate of drug-likeness (QED) is 0.588. The number of ether oxygens (including phenoxy) is 3. The first kappa shape index (κ1) is 18.7. The molecular formula is C16H27NO4Si. The lowest BCUT2D eigenvalue weighted by Gasteiger charge is -2.26. The van der Waals surface area contributed by atoms with Gasteiger partial charge in [-0.1, -0.05) is 50.0 Å². The van der Waals surface area contributed by atoms with Crippen LogP contribution in [-0.4, -0.2) is 41.2 Å². The van der Waals surface area contributed by atoms with Gasteiger partial charge in [-0.05, 0) is 11.6 Å². The molecule has 0 radical (unpaired) electrons. The Morgan fingerprint density at radius 1 is 1.14 bits per heavy atom. The number of alkyl carbamates (subject to hydrolysis) is 1.